The van der Waals surface area contributed by atoms with Crippen LogP contribution in [0.1, 0.15) is 33.3 Å². The molecule has 0 aliphatic carbocycles. The van der Waals surface area contributed by atoms with Crippen molar-refractivity contribution in [2.45, 2.75) is 27.7 Å². The number of hydrogen-bond acceptors (Lipinski definition) is 2. The Balaban J connectivity index is 3.19. The van der Waals surface area contributed by atoms with Crippen LogP contribution in [0.5, 0.6) is 0 Å². The molecule has 0 amide bonds. The summed E-state index contributed by atoms with van der Waals surface area (Å²) in [4.78, 5) is 0. The molecule has 0 heterocycles. The van der Waals surface area contributed by atoms with Crippen molar-refractivity contribution in [3.8, 4) is 11.6 Å². The van der Waals surface area contributed by atoms with Crippen LogP contribution in [0.25, 0.3) is 0 Å². The molecule has 0 unspecified atom stereocenters. The monoisotopic (exact) mass is 356 g/mol. The number of nitrogens with zero attached hydrogens (tertiary/aromatic N) is 2. The van der Waals surface area contributed by atoms with E-state index in [1.807, 2.05) is 18.2 Å². The Bertz CT molecular complexity index is 480. The number of benzene rings is 1. The molecular formula is C16H25N2PSe. The second-order valence-corrected chi connectivity index (χ2v) is 10.1. The first-order valence-corrected chi connectivity index (χ1v) is 11.2. The Morgan fingerprint density at radius 2 is 1.35 bits per heavy atom. The summed E-state index contributed by atoms with van der Waals surface area (Å²) in [5.41, 5.74) is 4.66. The van der Waals surface area contributed by atoms with Gasteiger partial charge in [0.15, 0.2) is 0 Å². The number of hydrogen-bond donors (Lipinski definition) is 0. The van der Waals surface area contributed by atoms with Gasteiger partial charge in [0.25, 0.3) is 0 Å². The summed E-state index contributed by atoms with van der Waals surface area (Å²) in [6, 6.07) is 10.3. The van der Waals surface area contributed by atoms with E-state index in [4.69, 9.17) is 0 Å². The first-order chi connectivity index (χ1) is 9.62. The van der Waals surface area contributed by atoms with E-state index in [-0.39, 0.29) is 0 Å². The summed E-state index contributed by atoms with van der Waals surface area (Å²) < 4.78 is 4.96. The minimum absolute atomic E-state index is 1.03. The summed E-state index contributed by atoms with van der Waals surface area (Å²) in [7, 11) is 0. The van der Waals surface area contributed by atoms with Crippen molar-refractivity contribution in [3.05, 3.63) is 35.9 Å². The van der Waals surface area contributed by atoms with Crippen LogP contribution in [-0.2, 0) is 0 Å². The molecule has 20 heavy (non-hydrogen) atoms. The van der Waals surface area contributed by atoms with E-state index in [2.05, 4.69) is 75.8 Å². The van der Waals surface area contributed by atoms with Crippen molar-refractivity contribution < 1.29 is 0 Å². The van der Waals surface area contributed by atoms with Crippen molar-refractivity contribution in [1.29, 1.82) is 0 Å². The molecule has 1 aromatic rings. The van der Waals surface area contributed by atoms with Crippen LogP contribution in [0.15, 0.2) is 30.3 Å². The fraction of sp³-hybridized carbons (Fsp3) is 0.500. The van der Waals surface area contributed by atoms with E-state index in [1.54, 1.807) is 0 Å². The molecule has 0 saturated heterocycles. The molecule has 0 spiro atoms. The Morgan fingerprint density at radius 3 is 1.75 bits per heavy atom. The van der Waals surface area contributed by atoms with E-state index in [9.17, 15) is 0 Å². The van der Waals surface area contributed by atoms with Gasteiger partial charge in [0.2, 0.25) is 0 Å². The van der Waals surface area contributed by atoms with Crippen LogP contribution >= 0.6 is 5.81 Å². The van der Waals surface area contributed by atoms with Gasteiger partial charge in [-0.25, -0.2) is 0 Å². The molecule has 4 heteroatoms. The fourth-order valence-electron chi connectivity index (χ4n) is 2.19. The van der Waals surface area contributed by atoms with Gasteiger partial charge in [0.05, 0.1) is 0 Å². The zero-order valence-corrected chi connectivity index (χ0v) is 15.6. The average Bonchev–Trinajstić information content (AvgIpc) is 2.49. The molecule has 2 nitrogen and oxygen atoms in total. The van der Waals surface area contributed by atoms with Crippen molar-refractivity contribution in [3.63, 3.8) is 0 Å². The van der Waals surface area contributed by atoms with Gasteiger partial charge in [-0.1, -0.05) is 0 Å². The Hall–Kier alpha value is -0.351. The van der Waals surface area contributed by atoms with Crippen molar-refractivity contribution in [2.24, 2.45) is 0 Å². The third-order valence-electron chi connectivity index (χ3n) is 3.35. The molecule has 0 bridgehead atoms. The summed E-state index contributed by atoms with van der Waals surface area (Å²) in [6.07, 6.45) is 0. The second-order valence-electron chi connectivity index (χ2n) is 4.42. The molecule has 0 aliphatic heterocycles. The normalized spacial score (nSPS) is 11.5. The Kier molecular flexibility index (Phi) is 7.81. The van der Waals surface area contributed by atoms with Crippen LogP contribution in [0, 0.1) is 11.6 Å². The Labute approximate surface area is 131 Å². The second kappa shape index (κ2) is 8.83. The predicted octanol–water partition coefficient (Wildman–Crippen LogP) is 3.61. The molecule has 0 aromatic heterocycles. The zero-order valence-electron chi connectivity index (χ0n) is 13.0. The van der Waals surface area contributed by atoms with Crippen LogP contribution < -0.4 is 0 Å². The van der Waals surface area contributed by atoms with E-state index in [0.717, 1.165) is 31.7 Å². The molecule has 0 aliphatic rings. The van der Waals surface area contributed by atoms with Gasteiger partial charge in [0.1, 0.15) is 0 Å². The van der Waals surface area contributed by atoms with Crippen LogP contribution in [0.4, 0.5) is 0 Å². The van der Waals surface area contributed by atoms with Gasteiger partial charge in [-0.3, -0.25) is 0 Å². The van der Waals surface area contributed by atoms with Crippen LogP contribution in [-0.4, -0.2) is 50.6 Å². The Morgan fingerprint density at radius 1 is 0.900 bits per heavy atom. The van der Waals surface area contributed by atoms with E-state index in [0.29, 0.717) is 0 Å². The predicted molar refractivity (Wildman–Crippen MR) is 91.8 cm³/mol. The molecule has 1 aromatic carbocycles. The topological polar surface area (TPSA) is 6.48 Å². The van der Waals surface area contributed by atoms with E-state index >= 15 is 0 Å². The van der Waals surface area contributed by atoms with E-state index < -0.39 is 5.81 Å². The maximum absolute atomic E-state index is 3.57. The molecule has 110 valence electrons. The van der Waals surface area contributed by atoms with E-state index in [1.165, 1.54) is 0 Å². The average molecular weight is 355 g/mol. The van der Waals surface area contributed by atoms with Crippen molar-refractivity contribution >= 4 is 20.9 Å². The summed E-state index contributed by atoms with van der Waals surface area (Å²) in [6.45, 7) is 12.9. The molecule has 1 rings (SSSR count). The first kappa shape index (κ1) is 17.7. The zero-order chi connectivity index (χ0) is 15.0. The molecule has 0 atom stereocenters. The summed E-state index contributed by atoms with van der Waals surface area (Å²) in [5, 5.41) is 0. The summed E-state index contributed by atoms with van der Waals surface area (Å²) >= 11 is 3.45. The molecule has 0 fully saturated rings. The molecule has 0 saturated carbocycles. The molecule has 0 radical (unpaired) electrons. The SMILES string of the molecule is CCN(CC)P(=[Se])(C#Cc1ccccc1)N(CC)CC. The van der Waals surface area contributed by atoms with Crippen molar-refractivity contribution in [2.75, 3.05) is 26.2 Å². The molecular weight excluding hydrogens is 330 g/mol. The van der Waals surface area contributed by atoms with Gasteiger partial charge in [-0.2, -0.15) is 0 Å². The van der Waals surface area contributed by atoms with Crippen molar-refractivity contribution in [1.82, 2.24) is 9.34 Å². The standard InChI is InChI=1S/C16H25N2PSe/c1-5-17(6-2)19(20,18(7-3)8-4)15-14-16-12-10-9-11-13-16/h9-13H,5-8H2,1-4H3. The minimum atomic E-state index is -1.67. The van der Waals surface area contributed by atoms with Gasteiger partial charge in [0, 0.05) is 0 Å². The number of rotatable bonds is 6. The van der Waals surface area contributed by atoms with Crippen LogP contribution in [0.3, 0.4) is 0 Å². The third-order valence-corrected chi connectivity index (χ3v) is 9.90. The quantitative estimate of drug-likeness (QED) is 0.437. The van der Waals surface area contributed by atoms with Crippen LogP contribution in [0.2, 0.25) is 0 Å². The van der Waals surface area contributed by atoms with Gasteiger partial charge in [-0.05, 0) is 0 Å². The first-order valence-electron chi connectivity index (χ1n) is 7.31. The van der Waals surface area contributed by atoms with Gasteiger partial charge < -0.3 is 0 Å². The molecule has 0 N–H and O–H groups in total. The summed E-state index contributed by atoms with van der Waals surface area (Å²) in [5.74, 6) is 1.69. The van der Waals surface area contributed by atoms with Gasteiger partial charge in [-0.15, -0.1) is 0 Å². The maximum atomic E-state index is 3.57. The fourth-order valence-corrected chi connectivity index (χ4v) is 7.84. The van der Waals surface area contributed by atoms with Gasteiger partial charge >= 0.3 is 132 Å². The third kappa shape index (κ3) is 4.32.